The van der Waals surface area contributed by atoms with Crippen molar-refractivity contribution in [1.82, 2.24) is 10.2 Å². The van der Waals surface area contributed by atoms with Crippen LogP contribution < -0.4 is 5.32 Å². The molecule has 1 saturated carbocycles. The third-order valence-electron chi connectivity index (χ3n) is 3.60. The topological polar surface area (TPSA) is 37.8 Å². The predicted octanol–water partition coefficient (Wildman–Crippen LogP) is 3.34. The second-order valence-electron chi connectivity index (χ2n) is 4.91. The summed E-state index contributed by atoms with van der Waals surface area (Å²) in [5, 5.41) is 14.1. The number of nitrogens with one attached hydrogen (secondary N) is 1. The van der Waals surface area contributed by atoms with Gasteiger partial charge in [0.15, 0.2) is 0 Å². The van der Waals surface area contributed by atoms with E-state index in [1.165, 1.54) is 19.3 Å². The number of hydrogen-bond donors (Lipinski definition) is 1. The first-order valence-corrected chi connectivity index (χ1v) is 7.11. The number of anilines is 1. The van der Waals surface area contributed by atoms with Crippen molar-refractivity contribution in [3.8, 4) is 0 Å². The average molecular weight is 239 g/mol. The number of hydrogen-bond acceptors (Lipinski definition) is 4. The molecule has 0 radical (unpaired) electrons. The Balaban J connectivity index is 2.01. The summed E-state index contributed by atoms with van der Waals surface area (Å²) in [6.07, 6.45) is 5.02. The summed E-state index contributed by atoms with van der Waals surface area (Å²) < 4.78 is 0. The van der Waals surface area contributed by atoms with Crippen molar-refractivity contribution >= 4 is 16.5 Å². The Morgan fingerprint density at radius 1 is 1.25 bits per heavy atom. The normalized spacial score (nSPS) is 30.3. The van der Waals surface area contributed by atoms with Crippen LogP contribution in [0, 0.1) is 11.8 Å². The van der Waals surface area contributed by atoms with Crippen LogP contribution in [0.25, 0.3) is 0 Å². The van der Waals surface area contributed by atoms with Crippen LogP contribution in [0.1, 0.15) is 45.0 Å². The fourth-order valence-corrected chi connectivity index (χ4v) is 3.29. The van der Waals surface area contributed by atoms with Gasteiger partial charge in [-0.25, -0.2) is 0 Å². The molecule has 0 amide bonds. The highest BCUT2D eigenvalue weighted by Crippen LogP contribution is 2.31. The van der Waals surface area contributed by atoms with Crippen LogP contribution >= 0.6 is 11.3 Å². The van der Waals surface area contributed by atoms with Crippen LogP contribution in [0.4, 0.5) is 5.13 Å². The molecule has 0 aromatic carbocycles. The van der Waals surface area contributed by atoms with Gasteiger partial charge < -0.3 is 5.32 Å². The molecule has 0 aliphatic heterocycles. The van der Waals surface area contributed by atoms with Crippen molar-refractivity contribution in [3.63, 3.8) is 0 Å². The van der Waals surface area contributed by atoms with Gasteiger partial charge in [-0.3, -0.25) is 0 Å². The lowest BCUT2D eigenvalue weighted by Gasteiger charge is -2.34. The Labute approximate surface area is 102 Å². The van der Waals surface area contributed by atoms with E-state index in [0.29, 0.717) is 6.04 Å². The van der Waals surface area contributed by atoms with Gasteiger partial charge in [-0.05, 0) is 31.1 Å². The number of rotatable bonds is 3. The van der Waals surface area contributed by atoms with Crippen molar-refractivity contribution in [2.75, 3.05) is 5.32 Å². The molecule has 1 aliphatic carbocycles. The first-order chi connectivity index (χ1) is 7.70. The molecule has 4 heteroatoms. The highest BCUT2D eigenvalue weighted by atomic mass is 32.1. The summed E-state index contributed by atoms with van der Waals surface area (Å²) in [6.45, 7) is 6.81. The van der Waals surface area contributed by atoms with Gasteiger partial charge >= 0.3 is 0 Å². The first-order valence-electron chi connectivity index (χ1n) is 6.29. The molecule has 3 nitrogen and oxygen atoms in total. The first kappa shape index (κ1) is 11.8. The van der Waals surface area contributed by atoms with Gasteiger partial charge in [0.25, 0.3) is 0 Å². The van der Waals surface area contributed by atoms with Gasteiger partial charge in [-0.2, -0.15) is 0 Å². The van der Waals surface area contributed by atoms with Crippen molar-refractivity contribution in [3.05, 3.63) is 5.01 Å². The van der Waals surface area contributed by atoms with Crippen molar-refractivity contribution < 1.29 is 0 Å². The molecule has 16 heavy (non-hydrogen) atoms. The van der Waals surface area contributed by atoms with Crippen LogP contribution in [0.5, 0.6) is 0 Å². The minimum atomic E-state index is 0.575. The fraction of sp³-hybridized carbons (Fsp3) is 0.833. The molecule has 1 aromatic heterocycles. The van der Waals surface area contributed by atoms with Crippen LogP contribution in [0.2, 0.25) is 0 Å². The molecule has 1 aliphatic rings. The van der Waals surface area contributed by atoms with E-state index in [9.17, 15) is 0 Å². The van der Waals surface area contributed by atoms with Gasteiger partial charge in [0.2, 0.25) is 5.13 Å². The summed E-state index contributed by atoms with van der Waals surface area (Å²) in [7, 11) is 0. The molecule has 1 aromatic rings. The maximum Gasteiger partial charge on any atom is 0.205 e. The zero-order valence-corrected chi connectivity index (χ0v) is 11.2. The Bertz CT molecular complexity index is 327. The Hall–Kier alpha value is -0.640. The Kier molecular flexibility index (Phi) is 3.79. The molecule has 0 saturated heterocycles. The largest absolute Gasteiger partial charge is 0.357 e. The van der Waals surface area contributed by atoms with E-state index in [-0.39, 0.29) is 0 Å². The van der Waals surface area contributed by atoms with Gasteiger partial charge in [0.05, 0.1) is 0 Å². The lowest BCUT2D eigenvalue weighted by atomic mass is 9.79. The molecule has 2 unspecified atom stereocenters. The van der Waals surface area contributed by atoms with Crippen molar-refractivity contribution in [2.24, 2.45) is 11.8 Å². The number of aromatic nitrogens is 2. The second kappa shape index (κ2) is 5.13. The van der Waals surface area contributed by atoms with E-state index in [4.69, 9.17) is 0 Å². The summed E-state index contributed by atoms with van der Waals surface area (Å²) in [4.78, 5) is 0. The maximum atomic E-state index is 4.21. The lowest BCUT2D eigenvalue weighted by molar-refractivity contribution is 0.268. The molecular weight excluding hydrogens is 218 g/mol. The van der Waals surface area contributed by atoms with E-state index in [1.807, 2.05) is 0 Å². The quantitative estimate of drug-likeness (QED) is 0.879. The molecule has 2 rings (SSSR count). The van der Waals surface area contributed by atoms with Gasteiger partial charge in [0.1, 0.15) is 5.01 Å². The van der Waals surface area contributed by atoms with E-state index in [2.05, 4.69) is 36.3 Å². The average Bonchev–Trinajstić information content (AvgIpc) is 2.71. The van der Waals surface area contributed by atoms with Crippen LogP contribution in [-0.2, 0) is 6.42 Å². The minimum Gasteiger partial charge on any atom is -0.357 e. The standard InChI is InChI=1S/C12H21N3S/c1-4-10-14-15-12(16-10)13-11-8(2)6-5-7-9(11)3/h8-9,11H,4-7H2,1-3H3,(H,13,15). The van der Waals surface area contributed by atoms with E-state index in [1.54, 1.807) is 11.3 Å². The molecule has 0 bridgehead atoms. The third-order valence-corrected chi connectivity index (χ3v) is 4.60. The van der Waals surface area contributed by atoms with Gasteiger partial charge in [-0.15, -0.1) is 10.2 Å². The summed E-state index contributed by atoms with van der Waals surface area (Å²) in [5.41, 5.74) is 0. The van der Waals surface area contributed by atoms with Crippen molar-refractivity contribution in [1.29, 1.82) is 0 Å². The molecule has 1 fully saturated rings. The minimum absolute atomic E-state index is 0.575. The fourth-order valence-electron chi connectivity index (χ4n) is 2.56. The van der Waals surface area contributed by atoms with E-state index in [0.717, 1.165) is 28.4 Å². The highest BCUT2D eigenvalue weighted by molar-refractivity contribution is 7.15. The molecule has 2 atom stereocenters. The zero-order chi connectivity index (χ0) is 11.5. The molecule has 0 spiro atoms. The SMILES string of the molecule is CCc1nnc(NC2C(C)CCCC2C)s1. The second-order valence-corrected chi connectivity index (χ2v) is 5.97. The highest BCUT2D eigenvalue weighted by Gasteiger charge is 2.28. The Morgan fingerprint density at radius 2 is 1.94 bits per heavy atom. The summed E-state index contributed by atoms with van der Waals surface area (Å²) in [5.74, 6) is 1.50. The van der Waals surface area contributed by atoms with E-state index < -0.39 is 0 Å². The molecule has 1 heterocycles. The molecule has 90 valence electrons. The van der Waals surface area contributed by atoms with Crippen LogP contribution in [0.15, 0.2) is 0 Å². The monoisotopic (exact) mass is 239 g/mol. The smallest absolute Gasteiger partial charge is 0.205 e. The Morgan fingerprint density at radius 3 is 2.50 bits per heavy atom. The summed E-state index contributed by atoms with van der Waals surface area (Å²) >= 11 is 1.70. The van der Waals surface area contributed by atoms with Crippen LogP contribution in [-0.4, -0.2) is 16.2 Å². The number of aryl methyl sites for hydroxylation is 1. The van der Waals surface area contributed by atoms with E-state index >= 15 is 0 Å². The molecular formula is C12H21N3S. The predicted molar refractivity (Wildman–Crippen MR) is 68.9 cm³/mol. The molecule has 1 N–H and O–H groups in total. The van der Waals surface area contributed by atoms with Crippen LogP contribution in [0.3, 0.4) is 0 Å². The van der Waals surface area contributed by atoms with Crippen molar-refractivity contribution in [2.45, 2.75) is 52.5 Å². The lowest BCUT2D eigenvalue weighted by Crippen LogP contribution is -2.37. The van der Waals surface area contributed by atoms with Gasteiger partial charge in [-0.1, -0.05) is 38.5 Å². The number of nitrogens with zero attached hydrogens (tertiary/aromatic N) is 2. The third kappa shape index (κ3) is 2.54. The maximum absolute atomic E-state index is 4.21. The zero-order valence-electron chi connectivity index (χ0n) is 10.4. The van der Waals surface area contributed by atoms with Gasteiger partial charge in [0, 0.05) is 6.04 Å². The summed E-state index contributed by atoms with van der Waals surface area (Å²) in [6, 6.07) is 0.575.